The molecular weight excluding hydrogens is 382 g/mol. The topological polar surface area (TPSA) is 61.4 Å². The minimum atomic E-state index is -0.230. The van der Waals surface area contributed by atoms with Crippen LogP contribution in [0.4, 0.5) is 0 Å². The Hall–Kier alpha value is -1.89. The Bertz CT molecular complexity index is 804. The number of aryl methyl sites for hydroxylation is 2. The van der Waals surface area contributed by atoms with E-state index in [0.717, 1.165) is 17.5 Å². The zero-order valence-electron chi connectivity index (χ0n) is 16.1. The highest BCUT2D eigenvalue weighted by atomic mass is 35.5. The summed E-state index contributed by atoms with van der Waals surface area (Å²) in [5.74, 6) is -0.445. The predicted molar refractivity (Wildman–Crippen MR) is 112 cm³/mol. The molecule has 2 N–H and O–H groups in total. The average Bonchev–Trinajstić information content (AvgIpc) is 3.02. The molecule has 0 radical (unpaired) electrons. The molecule has 5 nitrogen and oxygen atoms in total. The molecule has 7 heteroatoms. The highest BCUT2D eigenvalue weighted by Gasteiger charge is 2.18. The van der Waals surface area contributed by atoms with Crippen LogP contribution in [0, 0.1) is 6.92 Å². The lowest BCUT2D eigenvalue weighted by Crippen LogP contribution is -2.40. The van der Waals surface area contributed by atoms with Gasteiger partial charge in [0.05, 0.1) is 17.5 Å². The number of likely N-dealkylation sites (N-methyl/N-ethyl adjacent to an activating group) is 1. The van der Waals surface area contributed by atoms with Gasteiger partial charge in [0.2, 0.25) is 5.91 Å². The first-order valence-corrected chi connectivity index (χ1v) is 10.1. The summed E-state index contributed by atoms with van der Waals surface area (Å²) >= 11 is 7.76. The van der Waals surface area contributed by atoms with E-state index in [1.165, 1.54) is 16.2 Å². The van der Waals surface area contributed by atoms with Gasteiger partial charge in [-0.1, -0.05) is 36.7 Å². The van der Waals surface area contributed by atoms with Crippen LogP contribution in [0.2, 0.25) is 5.02 Å². The van der Waals surface area contributed by atoms with Gasteiger partial charge in [0.25, 0.3) is 5.91 Å². The molecule has 0 aliphatic heterocycles. The summed E-state index contributed by atoms with van der Waals surface area (Å²) < 4.78 is 0. The summed E-state index contributed by atoms with van der Waals surface area (Å²) in [6.45, 7) is 4.41. The van der Waals surface area contributed by atoms with Gasteiger partial charge in [-0.3, -0.25) is 9.59 Å². The van der Waals surface area contributed by atoms with Gasteiger partial charge >= 0.3 is 0 Å². The van der Waals surface area contributed by atoms with Crippen LogP contribution in [0.1, 0.15) is 38.6 Å². The third-order valence-corrected chi connectivity index (χ3v) is 6.08. The predicted octanol–water partition coefficient (Wildman–Crippen LogP) is 3.42. The Kier molecular flexibility index (Phi) is 7.83. The molecule has 1 aromatic heterocycles. The van der Waals surface area contributed by atoms with Gasteiger partial charge in [-0.05, 0) is 50.7 Å². The molecule has 1 aromatic carbocycles. The lowest BCUT2D eigenvalue weighted by atomic mass is 10.1. The number of carbonyl (C=O) groups is 2. The number of hydrogen-bond acceptors (Lipinski definition) is 4. The van der Waals surface area contributed by atoms with Crippen molar-refractivity contribution in [1.29, 1.82) is 0 Å². The van der Waals surface area contributed by atoms with E-state index in [1.807, 2.05) is 56.3 Å². The second kappa shape index (κ2) is 9.88. The van der Waals surface area contributed by atoms with Crippen molar-refractivity contribution in [2.75, 3.05) is 27.2 Å². The largest absolute Gasteiger partial charge is 0.353 e. The first-order valence-electron chi connectivity index (χ1n) is 8.88. The van der Waals surface area contributed by atoms with E-state index in [0.29, 0.717) is 16.4 Å². The minimum absolute atomic E-state index is 0.0505. The summed E-state index contributed by atoms with van der Waals surface area (Å²) in [5.41, 5.74) is 2.07. The zero-order chi connectivity index (χ0) is 20.0. The second-order valence-corrected chi connectivity index (χ2v) is 8.10. The van der Waals surface area contributed by atoms with Crippen LogP contribution in [0.25, 0.3) is 0 Å². The second-order valence-electron chi connectivity index (χ2n) is 6.56. The Morgan fingerprint density at radius 2 is 1.93 bits per heavy atom. The third kappa shape index (κ3) is 5.79. The quantitative estimate of drug-likeness (QED) is 0.704. The van der Waals surface area contributed by atoms with Crippen LogP contribution in [0.15, 0.2) is 30.3 Å². The maximum atomic E-state index is 12.2. The summed E-state index contributed by atoms with van der Waals surface area (Å²) in [6, 6.07) is 9.41. The number of thiophene rings is 1. The van der Waals surface area contributed by atoms with E-state index in [1.54, 1.807) is 0 Å². The van der Waals surface area contributed by atoms with Crippen molar-refractivity contribution < 1.29 is 9.59 Å². The summed E-state index contributed by atoms with van der Waals surface area (Å²) in [5, 5.41) is 6.23. The van der Waals surface area contributed by atoms with Crippen molar-refractivity contribution in [1.82, 2.24) is 15.5 Å². The molecule has 27 heavy (non-hydrogen) atoms. The Balaban J connectivity index is 1.89. The number of hydrogen-bond donors (Lipinski definition) is 2. The van der Waals surface area contributed by atoms with E-state index < -0.39 is 0 Å². The van der Waals surface area contributed by atoms with Crippen molar-refractivity contribution in [2.24, 2.45) is 0 Å². The lowest BCUT2D eigenvalue weighted by Gasteiger charge is -2.26. The number of halogens is 1. The average molecular weight is 408 g/mol. The van der Waals surface area contributed by atoms with Crippen LogP contribution in [0.3, 0.4) is 0 Å². The highest BCUT2D eigenvalue weighted by molar-refractivity contribution is 7.14. The molecule has 0 saturated heterocycles. The maximum Gasteiger partial charge on any atom is 0.261 e. The van der Waals surface area contributed by atoms with E-state index in [4.69, 9.17) is 11.6 Å². The molecular formula is C20H26ClN3O2S. The molecule has 2 aromatic rings. The molecule has 1 atom stereocenters. The molecule has 0 saturated carbocycles. The van der Waals surface area contributed by atoms with Gasteiger partial charge in [0.15, 0.2) is 0 Å². The number of benzene rings is 1. The first-order chi connectivity index (χ1) is 12.8. The molecule has 0 spiro atoms. The Morgan fingerprint density at radius 3 is 2.52 bits per heavy atom. The van der Waals surface area contributed by atoms with E-state index in [-0.39, 0.29) is 24.4 Å². The molecule has 0 bridgehead atoms. The SMILES string of the molecule is CCc1sc(C(=O)NCC(=O)NCC(c2ccccc2Cl)N(C)C)cc1C. The fraction of sp³-hybridized carbons (Fsp3) is 0.400. The van der Waals surface area contributed by atoms with Crippen molar-refractivity contribution in [3.63, 3.8) is 0 Å². The van der Waals surface area contributed by atoms with Gasteiger partial charge in [-0.25, -0.2) is 0 Å². The molecule has 146 valence electrons. The summed E-state index contributed by atoms with van der Waals surface area (Å²) in [4.78, 5) is 28.2. The van der Waals surface area contributed by atoms with Crippen molar-refractivity contribution >= 4 is 34.8 Å². The molecule has 1 heterocycles. The highest BCUT2D eigenvalue weighted by Crippen LogP contribution is 2.25. The molecule has 0 aliphatic rings. The molecule has 2 amide bonds. The molecule has 0 fully saturated rings. The Morgan fingerprint density at radius 1 is 1.22 bits per heavy atom. The van der Waals surface area contributed by atoms with E-state index in [2.05, 4.69) is 17.6 Å². The van der Waals surface area contributed by atoms with Gasteiger partial charge < -0.3 is 15.5 Å². The van der Waals surface area contributed by atoms with Crippen LogP contribution < -0.4 is 10.6 Å². The monoisotopic (exact) mass is 407 g/mol. The van der Waals surface area contributed by atoms with Crippen molar-refractivity contribution in [3.8, 4) is 0 Å². The molecule has 2 rings (SSSR count). The van der Waals surface area contributed by atoms with Crippen LogP contribution in [-0.4, -0.2) is 43.9 Å². The van der Waals surface area contributed by atoms with Gasteiger partial charge in [-0.15, -0.1) is 11.3 Å². The van der Waals surface area contributed by atoms with Crippen molar-refractivity contribution in [3.05, 3.63) is 56.2 Å². The summed E-state index contributed by atoms with van der Waals surface area (Å²) in [7, 11) is 3.87. The maximum absolute atomic E-state index is 12.2. The normalized spacial score (nSPS) is 12.1. The third-order valence-electron chi connectivity index (χ3n) is 4.36. The Labute approximate surface area is 169 Å². The smallest absolute Gasteiger partial charge is 0.261 e. The van der Waals surface area contributed by atoms with Crippen LogP contribution >= 0.6 is 22.9 Å². The van der Waals surface area contributed by atoms with Gasteiger partial charge in [0, 0.05) is 16.4 Å². The number of nitrogens with zero attached hydrogens (tertiary/aromatic N) is 1. The van der Waals surface area contributed by atoms with Crippen LogP contribution in [-0.2, 0) is 11.2 Å². The van der Waals surface area contributed by atoms with E-state index in [9.17, 15) is 9.59 Å². The molecule has 0 aliphatic carbocycles. The number of carbonyl (C=O) groups excluding carboxylic acids is 2. The number of rotatable bonds is 8. The van der Waals surface area contributed by atoms with Gasteiger partial charge in [0.1, 0.15) is 0 Å². The van der Waals surface area contributed by atoms with Crippen LogP contribution in [0.5, 0.6) is 0 Å². The number of nitrogens with one attached hydrogen (secondary N) is 2. The first kappa shape index (κ1) is 21.4. The van der Waals surface area contributed by atoms with E-state index >= 15 is 0 Å². The fourth-order valence-corrected chi connectivity index (χ4v) is 4.11. The standard InChI is InChI=1S/C20H26ClN3O2S/c1-5-17-13(2)10-18(27-17)20(26)23-12-19(25)22-11-16(24(3)4)14-8-6-7-9-15(14)21/h6-10,16H,5,11-12H2,1-4H3,(H,22,25)(H,23,26). The zero-order valence-corrected chi connectivity index (χ0v) is 17.7. The van der Waals surface area contributed by atoms with Crippen molar-refractivity contribution in [2.45, 2.75) is 26.3 Å². The fourth-order valence-electron chi connectivity index (χ4n) is 2.82. The van der Waals surface area contributed by atoms with Gasteiger partial charge in [-0.2, -0.15) is 0 Å². The lowest BCUT2D eigenvalue weighted by molar-refractivity contribution is -0.120. The number of amides is 2. The minimum Gasteiger partial charge on any atom is -0.353 e. The summed E-state index contributed by atoms with van der Waals surface area (Å²) in [6.07, 6.45) is 0.901. The molecule has 1 unspecified atom stereocenters.